The maximum atomic E-state index is 5.62. The van der Waals surface area contributed by atoms with E-state index in [-0.39, 0.29) is 0 Å². The molecule has 3 N–H and O–H groups in total. The third kappa shape index (κ3) is 3.46. The summed E-state index contributed by atoms with van der Waals surface area (Å²) in [6.07, 6.45) is 2.48. The lowest BCUT2D eigenvalue weighted by Gasteiger charge is -2.35. The van der Waals surface area contributed by atoms with E-state index >= 15 is 0 Å². The summed E-state index contributed by atoms with van der Waals surface area (Å²) in [6, 6.07) is 0. The van der Waals surface area contributed by atoms with Crippen molar-refractivity contribution in [1.29, 1.82) is 0 Å². The van der Waals surface area contributed by atoms with Gasteiger partial charge in [0.1, 0.15) is 17.5 Å². The van der Waals surface area contributed by atoms with Crippen LogP contribution in [0.15, 0.2) is 0 Å². The molecule has 1 fully saturated rings. The second-order valence-corrected chi connectivity index (χ2v) is 6.75. The van der Waals surface area contributed by atoms with Crippen LogP contribution in [0.1, 0.15) is 57.8 Å². The SMILES string of the molecule is Cc1c(NN)nc(C(C)C)nc1N1CCC(C(C)C)CC1. The highest BCUT2D eigenvalue weighted by Crippen LogP contribution is 2.31. The number of nitrogen functional groups attached to an aromatic ring is 1. The Morgan fingerprint density at radius 3 is 2.24 bits per heavy atom. The molecule has 0 spiro atoms. The van der Waals surface area contributed by atoms with Crippen molar-refractivity contribution in [3.63, 3.8) is 0 Å². The Hall–Kier alpha value is -1.36. The molecule has 1 aliphatic rings. The molecule has 2 heterocycles. The molecule has 1 aromatic heterocycles. The zero-order valence-electron chi connectivity index (χ0n) is 14.0. The molecule has 118 valence electrons. The Morgan fingerprint density at radius 2 is 1.76 bits per heavy atom. The molecule has 1 aromatic rings. The van der Waals surface area contributed by atoms with Gasteiger partial charge in [-0.15, -0.1) is 0 Å². The van der Waals surface area contributed by atoms with Crippen molar-refractivity contribution in [3.05, 3.63) is 11.4 Å². The largest absolute Gasteiger partial charge is 0.356 e. The highest BCUT2D eigenvalue weighted by Gasteiger charge is 2.25. The van der Waals surface area contributed by atoms with Crippen LogP contribution in [-0.4, -0.2) is 23.1 Å². The van der Waals surface area contributed by atoms with E-state index in [4.69, 9.17) is 10.8 Å². The van der Waals surface area contributed by atoms with Crippen LogP contribution >= 0.6 is 0 Å². The van der Waals surface area contributed by atoms with Gasteiger partial charge < -0.3 is 10.3 Å². The number of hydrogen-bond donors (Lipinski definition) is 2. The molecule has 0 radical (unpaired) electrons. The maximum absolute atomic E-state index is 5.62. The van der Waals surface area contributed by atoms with E-state index in [1.165, 1.54) is 12.8 Å². The fraction of sp³-hybridized carbons (Fsp3) is 0.750. The lowest BCUT2D eigenvalue weighted by atomic mass is 9.86. The van der Waals surface area contributed by atoms with Gasteiger partial charge in [0.05, 0.1) is 0 Å². The Kier molecular flexibility index (Phi) is 5.04. The van der Waals surface area contributed by atoms with Crippen molar-refractivity contribution in [2.24, 2.45) is 17.7 Å². The van der Waals surface area contributed by atoms with E-state index in [0.29, 0.717) is 5.92 Å². The molecule has 0 aromatic carbocycles. The number of rotatable bonds is 4. The summed E-state index contributed by atoms with van der Waals surface area (Å²) in [5.41, 5.74) is 3.77. The van der Waals surface area contributed by atoms with Gasteiger partial charge in [-0.25, -0.2) is 15.8 Å². The molecule has 0 bridgehead atoms. The zero-order chi connectivity index (χ0) is 15.6. The van der Waals surface area contributed by atoms with Crippen molar-refractivity contribution < 1.29 is 0 Å². The second kappa shape index (κ2) is 6.60. The summed E-state index contributed by atoms with van der Waals surface area (Å²) in [5, 5.41) is 0. The first-order valence-electron chi connectivity index (χ1n) is 8.04. The average Bonchev–Trinajstić information content (AvgIpc) is 2.47. The van der Waals surface area contributed by atoms with E-state index in [1.54, 1.807) is 0 Å². The Labute approximate surface area is 128 Å². The fourth-order valence-electron chi connectivity index (χ4n) is 3.01. The quantitative estimate of drug-likeness (QED) is 0.659. The highest BCUT2D eigenvalue weighted by atomic mass is 15.3. The second-order valence-electron chi connectivity index (χ2n) is 6.75. The van der Waals surface area contributed by atoms with Crippen LogP contribution < -0.4 is 16.2 Å². The van der Waals surface area contributed by atoms with Crippen molar-refractivity contribution >= 4 is 11.6 Å². The number of nitrogens with two attached hydrogens (primary N) is 1. The number of hydrazine groups is 1. The zero-order valence-corrected chi connectivity index (χ0v) is 14.0. The first-order valence-corrected chi connectivity index (χ1v) is 8.04. The third-order valence-corrected chi connectivity index (χ3v) is 4.57. The number of nitrogens with one attached hydrogen (secondary N) is 1. The van der Waals surface area contributed by atoms with E-state index in [0.717, 1.165) is 47.9 Å². The summed E-state index contributed by atoms with van der Waals surface area (Å²) in [4.78, 5) is 11.7. The van der Waals surface area contributed by atoms with Crippen LogP contribution in [0.3, 0.4) is 0 Å². The van der Waals surface area contributed by atoms with Gasteiger partial charge in [-0.1, -0.05) is 27.7 Å². The lowest BCUT2D eigenvalue weighted by Crippen LogP contribution is -2.36. The van der Waals surface area contributed by atoms with Gasteiger partial charge in [-0.3, -0.25) is 0 Å². The molecule has 5 heteroatoms. The van der Waals surface area contributed by atoms with Gasteiger partial charge in [0.15, 0.2) is 0 Å². The van der Waals surface area contributed by atoms with E-state index in [9.17, 15) is 0 Å². The van der Waals surface area contributed by atoms with Crippen LogP contribution in [0.4, 0.5) is 11.6 Å². The van der Waals surface area contributed by atoms with Gasteiger partial charge in [-0.2, -0.15) is 0 Å². The molecule has 0 aliphatic carbocycles. The van der Waals surface area contributed by atoms with Gasteiger partial charge in [0.25, 0.3) is 0 Å². The Balaban J connectivity index is 2.25. The molecule has 1 aliphatic heterocycles. The van der Waals surface area contributed by atoms with Crippen LogP contribution in [0.2, 0.25) is 0 Å². The minimum Gasteiger partial charge on any atom is -0.356 e. The molecule has 21 heavy (non-hydrogen) atoms. The van der Waals surface area contributed by atoms with Crippen LogP contribution in [-0.2, 0) is 0 Å². The van der Waals surface area contributed by atoms with Gasteiger partial charge in [0.2, 0.25) is 0 Å². The summed E-state index contributed by atoms with van der Waals surface area (Å²) in [6.45, 7) is 13.1. The first kappa shape index (κ1) is 16.0. The number of nitrogens with zero attached hydrogens (tertiary/aromatic N) is 3. The maximum Gasteiger partial charge on any atom is 0.148 e. The van der Waals surface area contributed by atoms with E-state index in [2.05, 4.69) is 43.0 Å². The van der Waals surface area contributed by atoms with E-state index in [1.807, 2.05) is 6.92 Å². The fourth-order valence-corrected chi connectivity index (χ4v) is 3.01. The molecule has 5 nitrogen and oxygen atoms in total. The number of hydrogen-bond acceptors (Lipinski definition) is 5. The monoisotopic (exact) mass is 291 g/mol. The van der Waals surface area contributed by atoms with Gasteiger partial charge >= 0.3 is 0 Å². The Bertz CT molecular complexity index is 476. The molecule has 0 unspecified atom stereocenters. The predicted octanol–water partition coefficient (Wildman–Crippen LogP) is 3.07. The first-order chi connectivity index (χ1) is 9.93. The predicted molar refractivity (Wildman–Crippen MR) is 88.4 cm³/mol. The van der Waals surface area contributed by atoms with Crippen molar-refractivity contribution in [3.8, 4) is 0 Å². The molecule has 0 atom stereocenters. The summed E-state index contributed by atoms with van der Waals surface area (Å²) in [5.74, 6) is 10.2. The van der Waals surface area contributed by atoms with E-state index < -0.39 is 0 Å². The minimum absolute atomic E-state index is 0.296. The van der Waals surface area contributed by atoms with Crippen LogP contribution in [0, 0.1) is 18.8 Å². The molecule has 0 saturated carbocycles. The highest BCUT2D eigenvalue weighted by molar-refractivity contribution is 5.58. The van der Waals surface area contributed by atoms with Crippen molar-refractivity contribution in [1.82, 2.24) is 9.97 Å². The summed E-state index contributed by atoms with van der Waals surface area (Å²) >= 11 is 0. The standard InChI is InChI=1S/C16H29N5/c1-10(2)13-6-8-21(9-7-13)16-12(5)15(20-17)18-14(19-16)11(3)4/h10-11,13H,6-9,17H2,1-5H3,(H,18,19,20). The van der Waals surface area contributed by atoms with Crippen molar-refractivity contribution in [2.45, 2.75) is 53.4 Å². The lowest BCUT2D eigenvalue weighted by molar-refractivity contribution is 0.310. The van der Waals surface area contributed by atoms with Gasteiger partial charge in [0, 0.05) is 24.6 Å². The molecular formula is C16H29N5. The number of aromatic nitrogens is 2. The molecular weight excluding hydrogens is 262 g/mol. The normalized spacial score (nSPS) is 16.9. The molecule has 1 saturated heterocycles. The molecule has 0 amide bonds. The summed E-state index contributed by atoms with van der Waals surface area (Å²) < 4.78 is 0. The smallest absolute Gasteiger partial charge is 0.148 e. The molecule has 2 rings (SSSR count). The average molecular weight is 291 g/mol. The minimum atomic E-state index is 0.296. The van der Waals surface area contributed by atoms with Crippen molar-refractivity contribution in [2.75, 3.05) is 23.4 Å². The van der Waals surface area contributed by atoms with Crippen LogP contribution in [0.25, 0.3) is 0 Å². The number of piperidine rings is 1. The summed E-state index contributed by atoms with van der Waals surface area (Å²) in [7, 11) is 0. The number of anilines is 2. The Morgan fingerprint density at radius 1 is 1.14 bits per heavy atom. The third-order valence-electron chi connectivity index (χ3n) is 4.57. The van der Waals surface area contributed by atoms with Crippen LogP contribution in [0.5, 0.6) is 0 Å². The van der Waals surface area contributed by atoms with Gasteiger partial charge in [-0.05, 0) is 31.6 Å². The topological polar surface area (TPSA) is 67.1 Å².